The van der Waals surface area contributed by atoms with Crippen LogP contribution in [0.4, 0.5) is 0 Å². The van der Waals surface area contributed by atoms with E-state index < -0.39 is 5.97 Å². The number of thiazole rings is 1. The number of carbonyl (C=O) groups is 2. The lowest BCUT2D eigenvalue weighted by atomic mass is 10.2. The maximum absolute atomic E-state index is 12.5. The van der Waals surface area contributed by atoms with E-state index in [2.05, 4.69) is 31.4 Å². The van der Waals surface area contributed by atoms with Crippen molar-refractivity contribution in [1.29, 1.82) is 0 Å². The fourth-order valence-corrected chi connectivity index (χ4v) is 5.40. The van der Waals surface area contributed by atoms with Crippen LogP contribution in [0.25, 0.3) is 10.2 Å². The molecule has 0 aliphatic rings. The first-order chi connectivity index (χ1) is 17.0. The lowest BCUT2D eigenvalue weighted by Crippen LogP contribution is -2.19. The van der Waals surface area contributed by atoms with Gasteiger partial charge in [0.15, 0.2) is 15.8 Å². The quantitative estimate of drug-likeness (QED) is 0.0884. The van der Waals surface area contributed by atoms with Gasteiger partial charge >= 0.3 is 5.97 Å². The van der Waals surface area contributed by atoms with Crippen molar-refractivity contribution < 1.29 is 19.1 Å². The Morgan fingerprint density at radius 3 is 2.69 bits per heavy atom. The molecule has 0 radical (unpaired) electrons. The number of carbonyl (C=O) groups excluding carboxylic acids is 2. The van der Waals surface area contributed by atoms with Crippen LogP contribution in [-0.4, -0.2) is 35.4 Å². The summed E-state index contributed by atoms with van der Waals surface area (Å²) in [7, 11) is 0. The van der Waals surface area contributed by atoms with Gasteiger partial charge in [0, 0.05) is 0 Å². The molecule has 0 fully saturated rings. The fourth-order valence-electron chi connectivity index (χ4n) is 3.00. The van der Waals surface area contributed by atoms with E-state index in [-0.39, 0.29) is 17.4 Å². The van der Waals surface area contributed by atoms with E-state index in [1.165, 1.54) is 18.0 Å². The second kappa shape index (κ2) is 12.0. The monoisotopic (exact) mass is 569 g/mol. The van der Waals surface area contributed by atoms with Crippen LogP contribution in [0.1, 0.15) is 22.8 Å². The Bertz CT molecular complexity index is 1340. The van der Waals surface area contributed by atoms with Crippen molar-refractivity contribution >= 4 is 67.3 Å². The van der Waals surface area contributed by atoms with Crippen molar-refractivity contribution in [3.05, 3.63) is 82.3 Å². The number of ether oxygens (including phenoxy) is 2. The Hall–Kier alpha value is -3.21. The first-order valence-electron chi connectivity index (χ1n) is 10.6. The molecule has 7 nitrogen and oxygen atoms in total. The Morgan fingerprint density at radius 1 is 1.14 bits per heavy atom. The molecular weight excluding hydrogens is 550 g/mol. The minimum Gasteiger partial charge on any atom is -0.490 e. The summed E-state index contributed by atoms with van der Waals surface area (Å²) >= 11 is 6.35. The Labute approximate surface area is 218 Å². The van der Waals surface area contributed by atoms with Crippen molar-refractivity contribution in [1.82, 2.24) is 10.4 Å². The molecule has 0 aliphatic heterocycles. The molecule has 4 rings (SSSR count). The maximum atomic E-state index is 12.5. The number of esters is 1. The van der Waals surface area contributed by atoms with Gasteiger partial charge in [-0.2, -0.15) is 5.10 Å². The zero-order chi connectivity index (χ0) is 24.6. The van der Waals surface area contributed by atoms with Gasteiger partial charge in [-0.3, -0.25) is 4.79 Å². The van der Waals surface area contributed by atoms with Gasteiger partial charge in [0.05, 0.1) is 38.8 Å². The molecule has 0 atom stereocenters. The number of thioether (sulfide) groups is 1. The van der Waals surface area contributed by atoms with Crippen LogP contribution in [-0.2, 0) is 4.79 Å². The summed E-state index contributed by atoms with van der Waals surface area (Å²) in [6.07, 6.45) is 1.50. The number of benzene rings is 3. The highest BCUT2D eigenvalue weighted by Crippen LogP contribution is 2.37. The SMILES string of the molecule is CCOc1cc(/C=N\NC(=O)CSc2nc3ccccc3s2)cc(Br)c1OC(=O)c1ccccc1. The van der Waals surface area contributed by atoms with E-state index in [0.717, 1.165) is 14.6 Å². The Morgan fingerprint density at radius 2 is 1.91 bits per heavy atom. The molecule has 0 saturated carbocycles. The molecule has 0 unspecified atom stereocenters. The van der Waals surface area contributed by atoms with E-state index in [4.69, 9.17) is 9.47 Å². The van der Waals surface area contributed by atoms with Crippen molar-refractivity contribution in [2.45, 2.75) is 11.3 Å². The number of nitrogens with zero attached hydrogens (tertiary/aromatic N) is 2. The molecule has 0 bridgehead atoms. The summed E-state index contributed by atoms with van der Waals surface area (Å²) in [5.41, 5.74) is 4.52. The highest BCUT2D eigenvalue weighted by atomic mass is 79.9. The van der Waals surface area contributed by atoms with Gasteiger partial charge in [-0.1, -0.05) is 42.1 Å². The molecule has 4 aromatic rings. The molecule has 35 heavy (non-hydrogen) atoms. The van der Waals surface area contributed by atoms with Crippen LogP contribution in [0.2, 0.25) is 0 Å². The first kappa shape index (κ1) is 24.9. The zero-order valence-corrected chi connectivity index (χ0v) is 21.8. The average Bonchev–Trinajstić information content (AvgIpc) is 3.28. The summed E-state index contributed by atoms with van der Waals surface area (Å²) in [4.78, 5) is 29.2. The van der Waals surface area contributed by atoms with E-state index in [1.807, 2.05) is 37.3 Å². The summed E-state index contributed by atoms with van der Waals surface area (Å²) in [6, 6.07) is 20.0. The summed E-state index contributed by atoms with van der Waals surface area (Å²) in [5.74, 6) is 0.105. The van der Waals surface area contributed by atoms with Gasteiger partial charge < -0.3 is 9.47 Å². The van der Waals surface area contributed by atoms with Gasteiger partial charge in [-0.25, -0.2) is 15.2 Å². The van der Waals surface area contributed by atoms with E-state index in [9.17, 15) is 9.59 Å². The molecule has 1 heterocycles. The molecule has 1 N–H and O–H groups in total. The summed E-state index contributed by atoms with van der Waals surface area (Å²) < 4.78 is 13.7. The lowest BCUT2D eigenvalue weighted by Gasteiger charge is -2.13. The van der Waals surface area contributed by atoms with Crippen molar-refractivity contribution in [3.8, 4) is 11.5 Å². The number of nitrogens with one attached hydrogen (secondary N) is 1. The second-order valence-corrected chi connectivity index (χ2v) is 10.2. The Kier molecular flexibility index (Phi) is 8.51. The largest absolute Gasteiger partial charge is 0.490 e. The summed E-state index contributed by atoms with van der Waals surface area (Å²) in [6.45, 7) is 2.21. The molecule has 3 aromatic carbocycles. The molecule has 1 amide bonds. The predicted molar refractivity (Wildman–Crippen MR) is 143 cm³/mol. The minimum absolute atomic E-state index is 0.194. The smallest absolute Gasteiger partial charge is 0.343 e. The molecule has 0 saturated heterocycles. The number of fused-ring (bicyclic) bond motifs is 1. The first-order valence-corrected chi connectivity index (χ1v) is 13.2. The maximum Gasteiger partial charge on any atom is 0.343 e. The van der Waals surface area contributed by atoms with Crippen LogP contribution in [0.3, 0.4) is 0 Å². The average molecular weight is 570 g/mol. The van der Waals surface area contributed by atoms with Gasteiger partial charge in [0.2, 0.25) is 0 Å². The normalized spacial score (nSPS) is 11.0. The second-order valence-electron chi connectivity index (χ2n) is 7.05. The zero-order valence-electron chi connectivity index (χ0n) is 18.6. The van der Waals surface area contributed by atoms with Crippen LogP contribution >= 0.6 is 39.0 Å². The molecule has 0 aliphatic carbocycles. The molecule has 178 valence electrons. The van der Waals surface area contributed by atoms with Gasteiger partial charge in [-0.05, 0) is 64.8 Å². The van der Waals surface area contributed by atoms with E-state index in [0.29, 0.717) is 28.0 Å². The number of amides is 1. The molecule has 0 spiro atoms. The Balaban J connectivity index is 1.38. The molecular formula is C25H20BrN3O4S2. The summed E-state index contributed by atoms with van der Waals surface area (Å²) in [5, 5.41) is 4.04. The highest BCUT2D eigenvalue weighted by Gasteiger charge is 2.17. The third-order valence-corrected chi connectivity index (χ3v) is 7.31. The van der Waals surface area contributed by atoms with E-state index in [1.54, 1.807) is 47.7 Å². The number of hydrogen-bond acceptors (Lipinski definition) is 8. The third kappa shape index (κ3) is 6.68. The number of rotatable bonds is 9. The highest BCUT2D eigenvalue weighted by molar-refractivity contribution is 9.10. The van der Waals surface area contributed by atoms with Crippen molar-refractivity contribution in [2.24, 2.45) is 5.10 Å². The molecule has 1 aromatic heterocycles. The van der Waals surface area contributed by atoms with Crippen LogP contribution in [0.5, 0.6) is 11.5 Å². The number of halogens is 1. The third-order valence-electron chi connectivity index (χ3n) is 4.54. The van der Waals surface area contributed by atoms with Crippen molar-refractivity contribution in [2.75, 3.05) is 12.4 Å². The predicted octanol–water partition coefficient (Wildman–Crippen LogP) is 5.92. The topological polar surface area (TPSA) is 89.9 Å². The molecule has 10 heteroatoms. The number of hydrogen-bond donors (Lipinski definition) is 1. The fraction of sp³-hybridized carbons (Fsp3) is 0.120. The minimum atomic E-state index is -0.494. The standard InChI is InChI=1S/C25H20BrN3O4S2/c1-2-32-20-13-16(12-18(26)23(20)33-24(31)17-8-4-3-5-9-17)14-27-29-22(30)15-34-25-28-19-10-6-7-11-21(19)35-25/h3-14H,2,15H2,1H3,(H,29,30)/b27-14-. The van der Waals surface area contributed by atoms with Gasteiger partial charge in [0.25, 0.3) is 5.91 Å². The van der Waals surface area contributed by atoms with E-state index >= 15 is 0 Å². The van der Waals surface area contributed by atoms with Gasteiger partial charge in [0.1, 0.15) is 0 Å². The van der Waals surface area contributed by atoms with Crippen LogP contribution in [0.15, 0.2) is 80.6 Å². The number of aromatic nitrogens is 1. The number of hydrazone groups is 1. The lowest BCUT2D eigenvalue weighted by molar-refractivity contribution is -0.118. The van der Waals surface area contributed by atoms with Crippen LogP contribution < -0.4 is 14.9 Å². The number of para-hydroxylation sites is 1. The van der Waals surface area contributed by atoms with Gasteiger partial charge in [-0.15, -0.1) is 11.3 Å². The van der Waals surface area contributed by atoms with Crippen molar-refractivity contribution in [3.63, 3.8) is 0 Å². The van der Waals surface area contributed by atoms with Crippen LogP contribution in [0, 0.1) is 0 Å².